The van der Waals surface area contributed by atoms with Gasteiger partial charge in [-0.15, -0.1) is 0 Å². The average Bonchev–Trinajstić information content (AvgIpc) is 2.56. The van der Waals surface area contributed by atoms with Crippen molar-refractivity contribution in [3.8, 4) is 0 Å². The summed E-state index contributed by atoms with van der Waals surface area (Å²) >= 11 is 0. The molecule has 0 aromatic heterocycles. The third-order valence-electron chi connectivity index (χ3n) is 4.74. The van der Waals surface area contributed by atoms with Crippen molar-refractivity contribution in [1.29, 1.82) is 0 Å². The average molecular weight is 304 g/mol. The van der Waals surface area contributed by atoms with E-state index in [9.17, 15) is 9.90 Å². The van der Waals surface area contributed by atoms with Gasteiger partial charge in [-0.25, -0.2) is 0 Å². The first-order chi connectivity index (χ1) is 10.5. The second-order valence-electron chi connectivity index (χ2n) is 6.88. The number of aliphatic hydroxyl groups excluding tert-OH is 1. The lowest BCUT2D eigenvalue weighted by atomic mass is 9.75. The summed E-state index contributed by atoms with van der Waals surface area (Å²) in [5.41, 5.74) is 0.884. The van der Waals surface area contributed by atoms with E-state index in [1.807, 2.05) is 32.0 Å². The maximum absolute atomic E-state index is 12.3. The minimum Gasteiger partial charge on any atom is -0.396 e. The Kier molecular flexibility index (Phi) is 5.98. The number of carbonyl (C=O) groups excluding carboxylic acids is 1. The van der Waals surface area contributed by atoms with Gasteiger partial charge in [0, 0.05) is 25.0 Å². The summed E-state index contributed by atoms with van der Waals surface area (Å²) in [6, 6.07) is 10.1. The summed E-state index contributed by atoms with van der Waals surface area (Å²) in [4.78, 5) is 12.3. The van der Waals surface area contributed by atoms with Crippen molar-refractivity contribution in [3.63, 3.8) is 0 Å². The van der Waals surface area contributed by atoms with Gasteiger partial charge < -0.3 is 15.7 Å². The molecule has 1 aliphatic rings. The molecule has 122 valence electrons. The highest BCUT2D eigenvalue weighted by molar-refractivity contribution is 5.78. The van der Waals surface area contributed by atoms with E-state index >= 15 is 0 Å². The molecule has 4 heteroatoms. The van der Waals surface area contributed by atoms with E-state index in [-0.39, 0.29) is 29.8 Å². The molecular formula is C18H28N2O2. The van der Waals surface area contributed by atoms with Crippen molar-refractivity contribution < 1.29 is 9.90 Å². The first kappa shape index (κ1) is 17.0. The summed E-state index contributed by atoms with van der Waals surface area (Å²) in [6.07, 6.45) is 1.82. The monoisotopic (exact) mass is 304 g/mol. The number of hydrogen-bond acceptors (Lipinski definition) is 3. The second kappa shape index (κ2) is 7.75. The van der Waals surface area contributed by atoms with Crippen molar-refractivity contribution in [2.75, 3.05) is 26.2 Å². The van der Waals surface area contributed by atoms with E-state index in [0.29, 0.717) is 6.54 Å². The number of hydrogen-bond donors (Lipinski definition) is 3. The Bertz CT molecular complexity index is 467. The highest BCUT2D eigenvalue weighted by atomic mass is 16.3. The van der Waals surface area contributed by atoms with Gasteiger partial charge >= 0.3 is 0 Å². The maximum Gasteiger partial charge on any atom is 0.223 e. The van der Waals surface area contributed by atoms with Crippen LogP contribution in [-0.4, -0.2) is 37.3 Å². The van der Waals surface area contributed by atoms with Crippen molar-refractivity contribution in [1.82, 2.24) is 10.6 Å². The second-order valence-corrected chi connectivity index (χ2v) is 6.88. The minimum absolute atomic E-state index is 0.0930. The molecule has 0 spiro atoms. The quantitative estimate of drug-likeness (QED) is 0.752. The Balaban J connectivity index is 2.02. The van der Waals surface area contributed by atoms with Crippen LogP contribution in [0.4, 0.5) is 0 Å². The Hall–Kier alpha value is -1.39. The van der Waals surface area contributed by atoms with Gasteiger partial charge in [0.05, 0.1) is 0 Å². The van der Waals surface area contributed by atoms with E-state index in [1.165, 1.54) is 0 Å². The van der Waals surface area contributed by atoms with Gasteiger partial charge in [0.25, 0.3) is 0 Å². The van der Waals surface area contributed by atoms with Gasteiger partial charge in [0.1, 0.15) is 0 Å². The SMILES string of the molecule is CC(C)(CO)C(CNC(=O)C1CCNCC1)c1ccccc1. The number of benzene rings is 1. The topological polar surface area (TPSA) is 61.4 Å². The van der Waals surface area contributed by atoms with Gasteiger partial charge in [0.15, 0.2) is 0 Å². The van der Waals surface area contributed by atoms with Gasteiger partial charge in [-0.2, -0.15) is 0 Å². The number of aliphatic hydroxyl groups is 1. The molecule has 4 nitrogen and oxygen atoms in total. The fraction of sp³-hybridized carbons (Fsp3) is 0.611. The highest BCUT2D eigenvalue weighted by Crippen LogP contribution is 2.34. The highest BCUT2D eigenvalue weighted by Gasteiger charge is 2.31. The summed E-state index contributed by atoms with van der Waals surface area (Å²) in [5, 5.41) is 16.1. The molecule has 22 heavy (non-hydrogen) atoms. The number of carbonyl (C=O) groups is 1. The molecule has 1 aromatic carbocycles. The molecule has 1 atom stereocenters. The zero-order valence-corrected chi connectivity index (χ0v) is 13.6. The predicted molar refractivity (Wildman–Crippen MR) is 88.7 cm³/mol. The molecule has 1 amide bonds. The summed E-state index contributed by atoms with van der Waals surface area (Å²) in [5.74, 6) is 0.371. The van der Waals surface area contributed by atoms with Gasteiger partial charge in [0.2, 0.25) is 5.91 Å². The van der Waals surface area contributed by atoms with Crippen LogP contribution in [0.3, 0.4) is 0 Å². The first-order valence-electron chi connectivity index (χ1n) is 8.19. The minimum atomic E-state index is -0.275. The molecule has 1 fully saturated rings. The number of amides is 1. The molecule has 0 bridgehead atoms. The van der Waals surface area contributed by atoms with E-state index < -0.39 is 0 Å². The van der Waals surface area contributed by atoms with Crippen LogP contribution in [0.5, 0.6) is 0 Å². The lowest BCUT2D eigenvalue weighted by molar-refractivity contribution is -0.125. The predicted octanol–water partition coefficient (Wildman–Crippen LogP) is 1.90. The lowest BCUT2D eigenvalue weighted by Crippen LogP contribution is -2.42. The Labute approximate surface area is 133 Å². The molecule has 1 aromatic rings. The van der Waals surface area contributed by atoms with Gasteiger partial charge in [-0.05, 0) is 36.9 Å². The van der Waals surface area contributed by atoms with Crippen LogP contribution in [0.2, 0.25) is 0 Å². The van der Waals surface area contributed by atoms with E-state index in [4.69, 9.17) is 0 Å². The normalized spacial score (nSPS) is 18.0. The molecule has 1 unspecified atom stereocenters. The van der Waals surface area contributed by atoms with Gasteiger partial charge in [-0.3, -0.25) is 4.79 Å². The number of nitrogens with one attached hydrogen (secondary N) is 2. The smallest absolute Gasteiger partial charge is 0.223 e. The van der Waals surface area contributed by atoms with Crippen molar-refractivity contribution in [2.45, 2.75) is 32.6 Å². The third-order valence-corrected chi connectivity index (χ3v) is 4.74. The molecule has 3 N–H and O–H groups in total. The Morgan fingerprint density at radius 2 is 1.95 bits per heavy atom. The van der Waals surface area contributed by atoms with Crippen LogP contribution in [0.1, 0.15) is 38.2 Å². The molecule has 0 radical (unpaired) electrons. The third kappa shape index (κ3) is 4.31. The van der Waals surface area contributed by atoms with Crippen LogP contribution in [-0.2, 0) is 4.79 Å². The van der Waals surface area contributed by atoms with Crippen LogP contribution in [0.15, 0.2) is 30.3 Å². The Morgan fingerprint density at radius 1 is 1.32 bits per heavy atom. The molecule has 0 aliphatic carbocycles. The molecule has 2 rings (SSSR count). The summed E-state index contributed by atoms with van der Waals surface area (Å²) in [6.45, 7) is 6.59. The van der Waals surface area contributed by atoms with Crippen molar-refractivity contribution in [2.24, 2.45) is 11.3 Å². The molecule has 0 saturated carbocycles. The standard InChI is InChI=1S/C18H28N2O2/c1-18(2,13-21)16(14-6-4-3-5-7-14)12-20-17(22)15-8-10-19-11-9-15/h3-7,15-16,19,21H,8-13H2,1-2H3,(H,20,22). The van der Waals surface area contributed by atoms with Crippen LogP contribution >= 0.6 is 0 Å². The fourth-order valence-corrected chi connectivity index (χ4v) is 3.07. The van der Waals surface area contributed by atoms with Crippen LogP contribution in [0, 0.1) is 11.3 Å². The largest absolute Gasteiger partial charge is 0.396 e. The summed E-state index contributed by atoms with van der Waals surface area (Å²) in [7, 11) is 0. The number of piperidine rings is 1. The fourth-order valence-electron chi connectivity index (χ4n) is 3.07. The van der Waals surface area contributed by atoms with E-state index in [0.717, 1.165) is 31.5 Å². The molecular weight excluding hydrogens is 276 g/mol. The maximum atomic E-state index is 12.3. The van der Waals surface area contributed by atoms with E-state index in [1.54, 1.807) is 0 Å². The molecule has 1 saturated heterocycles. The first-order valence-corrected chi connectivity index (χ1v) is 8.19. The molecule has 1 aliphatic heterocycles. The summed E-state index contributed by atoms with van der Waals surface area (Å²) < 4.78 is 0. The van der Waals surface area contributed by atoms with Crippen molar-refractivity contribution >= 4 is 5.91 Å². The zero-order valence-electron chi connectivity index (χ0n) is 13.6. The lowest BCUT2D eigenvalue weighted by Gasteiger charge is -2.34. The van der Waals surface area contributed by atoms with Crippen LogP contribution < -0.4 is 10.6 Å². The molecule has 1 heterocycles. The van der Waals surface area contributed by atoms with Crippen LogP contribution in [0.25, 0.3) is 0 Å². The number of rotatable bonds is 6. The zero-order chi connectivity index (χ0) is 16.0. The Morgan fingerprint density at radius 3 is 2.55 bits per heavy atom. The van der Waals surface area contributed by atoms with Crippen molar-refractivity contribution in [3.05, 3.63) is 35.9 Å². The van der Waals surface area contributed by atoms with E-state index in [2.05, 4.69) is 22.8 Å². The van der Waals surface area contributed by atoms with Gasteiger partial charge in [-0.1, -0.05) is 44.2 Å².